The molecule has 2 rings (SSSR count). The second kappa shape index (κ2) is 4.58. The molecular weight excluding hydrogens is 218 g/mol. The summed E-state index contributed by atoms with van der Waals surface area (Å²) in [7, 11) is 0. The fourth-order valence-corrected chi connectivity index (χ4v) is 1.62. The normalized spacial score (nSPS) is 14.2. The van der Waals surface area contributed by atoms with E-state index in [9.17, 15) is 9.59 Å². The average molecular weight is 228 g/mol. The zero-order chi connectivity index (χ0) is 12.3. The fraction of sp³-hybridized carbons (Fsp3) is 0.167. The van der Waals surface area contributed by atoms with Crippen molar-refractivity contribution >= 4 is 17.5 Å². The Morgan fingerprint density at radius 2 is 1.65 bits per heavy atom. The Morgan fingerprint density at radius 3 is 2.18 bits per heavy atom. The van der Waals surface area contributed by atoms with E-state index >= 15 is 0 Å². The number of carbonyl (C=O) groups is 2. The van der Waals surface area contributed by atoms with Crippen LogP contribution >= 0.6 is 0 Å². The molecule has 0 fully saturated rings. The number of diazo groups is 1. The zero-order valence-electron chi connectivity index (χ0n) is 9.04. The van der Waals surface area contributed by atoms with E-state index in [0.29, 0.717) is 18.7 Å². The number of amides is 2. The van der Waals surface area contributed by atoms with Crippen molar-refractivity contribution in [3.63, 3.8) is 0 Å². The highest BCUT2D eigenvalue weighted by Gasteiger charge is 2.22. The summed E-state index contributed by atoms with van der Waals surface area (Å²) >= 11 is 0. The topological polar surface area (TPSA) is 65.5 Å². The van der Waals surface area contributed by atoms with Gasteiger partial charge in [0, 0.05) is 30.8 Å². The molecule has 0 aliphatic carbocycles. The number of hydrogen-bond donors (Lipinski definition) is 0. The van der Waals surface area contributed by atoms with Gasteiger partial charge in [0.2, 0.25) is 5.39 Å². The first-order valence-electron chi connectivity index (χ1n) is 5.18. The van der Waals surface area contributed by atoms with E-state index in [1.807, 2.05) is 0 Å². The highest BCUT2D eigenvalue weighted by molar-refractivity contribution is 6.12. The largest absolute Gasteiger partial charge is 0.385 e. The van der Waals surface area contributed by atoms with Crippen molar-refractivity contribution < 1.29 is 9.59 Å². The molecule has 1 aromatic rings. The second-order valence-electron chi connectivity index (χ2n) is 3.68. The van der Waals surface area contributed by atoms with Crippen LogP contribution in [0.25, 0.3) is 4.98 Å². The fourth-order valence-electron chi connectivity index (χ4n) is 1.62. The van der Waals surface area contributed by atoms with Crippen molar-refractivity contribution in [2.24, 2.45) is 0 Å². The first-order valence-corrected chi connectivity index (χ1v) is 5.18. The highest BCUT2D eigenvalue weighted by atomic mass is 16.2. The third-order valence-corrected chi connectivity index (χ3v) is 2.58. The summed E-state index contributed by atoms with van der Waals surface area (Å²) in [5.41, 5.74) is 1.45. The smallest absolute Gasteiger partial charge is 0.275 e. The van der Waals surface area contributed by atoms with Gasteiger partial charge in [-0.1, -0.05) is 12.1 Å². The molecule has 0 radical (unpaired) electrons. The van der Waals surface area contributed by atoms with Crippen LogP contribution in [0.4, 0.5) is 5.69 Å². The Labute approximate surface area is 98.0 Å². The van der Waals surface area contributed by atoms with E-state index < -0.39 is 0 Å². The van der Waals surface area contributed by atoms with Crippen LogP contribution < -0.4 is 0 Å². The van der Waals surface area contributed by atoms with Gasteiger partial charge < -0.3 is 0 Å². The number of carbonyl (C=O) groups excluding carboxylic acids is 2. The van der Waals surface area contributed by atoms with E-state index in [0.717, 1.165) is 5.56 Å². The highest BCUT2D eigenvalue weighted by Crippen LogP contribution is 2.13. The summed E-state index contributed by atoms with van der Waals surface area (Å²) in [4.78, 5) is 26.8. The maximum atomic E-state index is 11.3. The number of benzene rings is 1. The van der Waals surface area contributed by atoms with Crippen molar-refractivity contribution in [1.82, 2.24) is 4.90 Å². The van der Waals surface area contributed by atoms with Crippen LogP contribution in [0.15, 0.2) is 36.4 Å². The predicted molar refractivity (Wildman–Crippen MR) is 60.8 cm³/mol. The van der Waals surface area contributed by atoms with E-state index in [2.05, 4.69) is 4.98 Å². The van der Waals surface area contributed by atoms with E-state index in [4.69, 9.17) is 5.39 Å². The molecule has 5 heteroatoms. The quantitative estimate of drug-likeness (QED) is 0.583. The van der Waals surface area contributed by atoms with Gasteiger partial charge in [0.1, 0.15) is 0 Å². The lowest BCUT2D eigenvalue weighted by molar-refractivity contribution is -0.136. The molecule has 17 heavy (non-hydrogen) atoms. The van der Waals surface area contributed by atoms with Gasteiger partial charge in [0.25, 0.3) is 11.8 Å². The van der Waals surface area contributed by atoms with Crippen LogP contribution in [-0.2, 0) is 16.0 Å². The molecule has 0 aromatic heterocycles. The molecule has 0 bridgehead atoms. The van der Waals surface area contributed by atoms with Crippen molar-refractivity contribution in [3.05, 3.63) is 47.0 Å². The maximum Gasteiger partial charge on any atom is 0.385 e. The third kappa shape index (κ3) is 2.37. The van der Waals surface area contributed by atoms with Gasteiger partial charge in [0.05, 0.1) is 0 Å². The molecule has 84 valence electrons. The molecule has 5 nitrogen and oxygen atoms in total. The molecule has 0 spiro atoms. The van der Waals surface area contributed by atoms with Crippen molar-refractivity contribution in [1.29, 1.82) is 5.39 Å². The summed E-state index contributed by atoms with van der Waals surface area (Å²) < 4.78 is 0. The lowest BCUT2D eigenvalue weighted by atomic mass is 10.1. The predicted octanol–water partition coefficient (Wildman–Crippen LogP) is 1.64. The Kier molecular flexibility index (Phi) is 2.97. The molecule has 2 amide bonds. The number of hydrogen-bond acceptors (Lipinski definition) is 3. The zero-order valence-corrected chi connectivity index (χ0v) is 9.04. The number of nitrogens with zero attached hydrogens (tertiary/aromatic N) is 3. The lowest BCUT2D eigenvalue weighted by Gasteiger charge is -2.12. The molecule has 0 saturated heterocycles. The lowest BCUT2D eigenvalue weighted by Crippen LogP contribution is -2.31. The second-order valence-corrected chi connectivity index (χ2v) is 3.68. The van der Waals surface area contributed by atoms with Crippen LogP contribution in [0.5, 0.6) is 0 Å². The number of imide groups is 1. The SMILES string of the molecule is N#[N+]c1ccc(CCN2C(=O)C=CC2=O)cc1. The maximum absolute atomic E-state index is 11.3. The molecule has 1 aliphatic heterocycles. The summed E-state index contributed by atoms with van der Waals surface area (Å²) in [6.07, 6.45) is 3.14. The van der Waals surface area contributed by atoms with Crippen LogP contribution in [0.1, 0.15) is 5.56 Å². The minimum Gasteiger partial charge on any atom is -0.275 e. The number of rotatable bonds is 3. The Morgan fingerprint density at radius 1 is 1.06 bits per heavy atom. The monoisotopic (exact) mass is 228 g/mol. The minimum absolute atomic E-state index is 0.267. The van der Waals surface area contributed by atoms with Gasteiger partial charge >= 0.3 is 5.69 Å². The molecule has 1 heterocycles. The Hall–Kier alpha value is -2.48. The Bertz CT molecular complexity index is 508. The molecule has 0 N–H and O–H groups in total. The van der Waals surface area contributed by atoms with Crippen LogP contribution in [0.3, 0.4) is 0 Å². The van der Waals surface area contributed by atoms with E-state index in [1.165, 1.54) is 17.1 Å². The van der Waals surface area contributed by atoms with Crippen LogP contribution in [0.2, 0.25) is 0 Å². The van der Waals surface area contributed by atoms with Crippen molar-refractivity contribution in [2.75, 3.05) is 6.54 Å². The summed E-state index contributed by atoms with van der Waals surface area (Å²) in [6.45, 7) is 0.361. The summed E-state index contributed by atoms with van der Waals surface area (Å²) in [6, 6.07) is 6.93. The van der Waals surface area contributed by atoms with Crippen LogP contribution in [0, 0.1) is 5.39 Å². The van der Waals surface area contributed by atoms with Gasteiger partial charge in [-0.3, -0.25) is 14.5 Å². The van der Waals surface area contributed by atoms with Gasteiger partial charge in [-0.15, -0.1) is 0 Å². The molecule has 1 aliphatic rings. The standard InChI is InChI=1S/C12H10N3O2/c13-14-10-3-1-9(2-4-10)7-8-15-11(16)5-6-12(15)17/h1-6H,7-8H2/q+1. The van der Waals surface area contributed by atoms with Gasteiger partial charge in [-0.25, -0.2) is 0 Å². The first kappa shape index (κ1) is 11.0. The van der Waals surface area contributed by atoms with Gasteiger partial charge in [-0.2, -0.15) is 0 Å². The minimum atomic E-state index is -0.267. The first-order chi connectivity index (χ1) is 8.20. The third-order valence-electron chi connectivity index (χ3n) is 2.58. The Balaban J connectivity index is 1.96. The molecule has 0 saturated carbocycles. The van der Waals surface area contributed by atoms with E-state index in [-0.39, 0.29) is 11.8 Å². The molecule has 1 aromatic carbocycles. The van der Waals surface area contributed by atoms with Crippen LogP contribution in [-0.4, -0.2) is 23.3 Å². The summed E-state index contributed by atoms with van der Waals surface area (Å²) in [5.74, 6) is -0.533. The van der Waals surface area contributed by atoms with Gasteiger partial charge in [-0.05, 0) is 12.0 Å². The molecule has 0 unspecified atom stereocenters. The molecule has 0 atom stereocenters. The van der Waals surface area contributed by atoms with Gasteiger partial charge in [0.15, 0.2) is 4.98 Å². The van der Waals surface area contributed by atoms with E-state index in [1.54, 1.807) is 24.3 Å². The average Bonchev–Trinajstić information content (AvgIpc) is 2.67. The summed E-state index contributed by atoms with van der Waals surface area (Å²) in [5, 5.41) is 8.52. The van der Waals surface area contributed by atoms with Crippen molar-refractivity contribution in [3.8, 4) is 0 Å². The molecular formula is C12H10N3O2+. The van der Waals surface area contributed by atoms with Crippen molar-refractivity contribution in [2.45, 2.75) is 6.42 Å².